The van der Waals surface area contributed by atoms with Crippen LogP contribution in [0.1, 0.15) is 129 Å². The Morgan fingerprint density at radius 3 is 1.00 bits per heavy atom. The van der Waals surface area contributed by atoms with Crippen molar-refractivity contribution in [3.63, 3.8) is 0 Å². The lowest BCUT2D eigenvalue weighted by molar-refractivity contribution is -0.0555. The molecule has 0 amide bonds. The Morgan fingerprint density at radius 1 is 0.467 bits per heavy atom. The highest BCUT2D eigenvalue weighted by atomic mass is 16.5. The van der Waals surface area contributed by atoms with Crippen molar-refractivity contribution < 1.29 is 4.74 Å². The van der Waals surface area contributed by atoms with E-state index in [0.29, 0.717) is 28.1 Å². The average Bonchev–Trinajstić information content (AvgIpc) is 2.40. The van der Waals surface area contributed by atoms with Gasteiger partial charge in [-0.25, -0.2) is 0 Å². The van der Waals surface area contributed by atoms with Crippen LogP contribution in [0.4, 0.5) is 0 Å². The zero-order chi connectivity index (χ0) is 23.8. The van der Waals surface area contributed by atoms with Crippen LogP contribution in [-0.2, 0) is 4.74 Å². The van der Waals surface area contributed by atoms with Crippen molar-refractivity contribution in [1.82, 2.24) is 0 Å². The molecule has 0 aromatic carbocycles. The third-order valence-electron chi connectivity index (χ3n) is 5.93. The highest BCUT2D eigenvalue weighted by molar-refractivity contribution is 4.88. The fourth-order valence-electron chi connectivity index (χ4n) is 6.76. The summed E-state index contributed by atoms with van der Waals surface area (Å²) in [5, 5.41) is 0. The maximum Gasteiger partial charge on any atom is 0.0523 e. The van der Waals surface area contributed by atoms with Crippen LogP contribution < -0.4 is 0 Å². The summed E-state index contributed by atoms with van der Waals surface area (Å²) in [6, 6.07) is 0. The van der Waals surface area contributed by atoms with Gasteiger partial charge in [0.25, 0.3) is 0 Å². The van der Waals surface area contributed by atoms with Gasteiger partial charge < -0.3 is 4.74 Å². The van der Waals surface area contributed by atoms with E-state index in [4.69, 9.17) is 4.74 Å². The van der Waals surface area contributed by atoms with E-state index in [1.54, 1.807) is 0 Å². The summed E-state index contributed by atoms with van der Waals surface area (Å²) >= 11 is 0. The third-order valence-corrected chi connectivity index (χ3v) is 5.93. The molecule has 0 aliphatic rings. The minimum absolute atomic E-state index is 0.291. The van der Waals surface area contributed by atoms with Crippen molar-refractivity contribution in [2.45, 2.75) is 129 Å². The first kappa shape index (κ1) is 30.0. The summed E-state index contributed by atoms with van der Waals surface area (Å²) < 4.78 is 6.82. The number of hydrogen-bond donors (Lipinski definition) is 0. The van der Waals surface area contributed by atoms with Gasteiger partial charge in [-0.15, -0.1) is 0 Å². The average molecular weight is 425 g/mol. The van der Waals surface area contributed by atoms with Crippen molar-refractivity contribution in [1.29, 1.82) is 0 Å². The molecule has 0 spiro atoms. The van der Waals surface area contributed by atoms with Crippen molar-refractivity contribution in [2.75, 3.05) is 13.2 Å². The van der Waals surface area contributed by atoms with Crippen molar-refractivity contribution in [3.05, 3.63) is 0 Å². The minimum atomic E-state index is 0.291. The van der Waals surface area contributed by atoms with E-state index in [0.717, 1.165) is 31.0 Å². The number of hydrogen-bond acceptors (Lipinski definition) is 1. The first-order valence-corrected chi connectivity index (χ1v) is 13.1. The van der Waals surface area contributed by atoms with Gasteiger partial charge in [0.05, 0.1) is 13.2 Å². The van der Waals surface area contributed by atoms with Crippen molar-refractivity contribution >= 4 is 0 Å². The van der Waals surface area contributed by atoms with Crippen LogP contribution in [0.2, 0.25) is 0 Å². The molecule has 0 radical (unpaired) electrons. The van der Waals surface area contributed by atoms with Crippen LogP contribution in [0.25, 0.3) is 0 Å². The Kier molecular flexibility index (Phi) is 12.8. The zero-order valence-electron chi connectivity index (χ0n) is 23.5. The molecule has 0 aromatic heterocycles. The molecule has 0 aromatic rings. The number of rotatable bonds is 15. The summed E-state index contributed by atoms with van der Waals surface area (Å²) in [7, 11) is 0. The van der Waals surface area contributed by atoms with E-state index in [1.807, 2.05) is 0 Å². The maximum absolute atomic E-state index is 6.82. The van der Waals surface area contributed by atoms with Gasteiger partial charge in [-0.2, -0.15) is 0 Å². The summed E-state index contributed by atoms with van der Waals surface area (Å²) in [5.74, 6) is 3.58. The minimum Gasteiger partial charge on any atom is -0.380 e. The lowest BCUT2D eigenvalue weighted by atomic mass is 9.66. The van der Waals surface area contributed by atoms with E-state index < -0.39 is 0 Å². The highest BCUT2D eigenvalue weighted by Crippen LogP contribution is 2.45. The van der Waals surface area contributed by atoms with Crippen molar-refractivity contribution in [3.8, 4) is 0 Å². The summed E-state index contributed by atoms with van der Waals surface area (Å²) in [6.07, 6.45) is 7.64. The summed E-state index contributed by atoms with van der Waals surface area (Å²) in [5.41, 5.74) is 0.942. The molecule has 0 bridgehead atoms. The molecular weight excluding hydrogens is 364 g/mol. The molecule has 182 valence electrons. The second kappa shape index (κ2) is 12.9. The molecule has 0 aliphatic heterocycles. The Bertz CT molecular complexity index is 399. The lowest BCUT2D eigenvalue weighted by Crippen LogP contribution is -2.38. The topological polar surface area (TPSA) is 9.23 Å². The summed E-state index contributed by atoms with van der Waals surface area (Å²) in [4.78, 5) is 0. The Balaban J connectivity index is 5.69. The van der Waals surface area contributed by atoms with Gasteiger partial charge in [-0.1, -0.05) is 90.0 Å². The van der Waals surface area contributed by atoms with E-state index in [2.05, 4.69) is 90.0 Å². The smallest absolute Gasteiger partial charge is 0.0523 e. The molecule has 1 nitrogen and oxygen atoms in total. The second-order valence-electron chi connectivity index (χ2n) is 14.2. The molecule has 0 aliphatic carbocycles. The Labute approximate surface area is 192 Å². The molecule has 0 saturated heterocycles. The van der Waals surface area contributed by atoms with Gasteiger partial charge in [0.1, 0.15) is 0 Å². The molecule has 30 heavy (non-hydrogen) atoms. The lowest BCUT2D eigenvalue weighted by Gasteiger charge is -2.43. The van der Waals surface area contributed by atoms with Crippen LogP contribution >= 0.6 is 0 Å². The van der Waals surface area contributed by atoms with Crippen LogP contribution in [-0.4, -0.2) is 13.2 Å². The van der Waals surface area contributed by atoms with Crippen LogP contribution in [0.15, 0.2) is 0 Å². The molecule has 0 N–H and O–H groups in total. The van der Waals surface area contributed by atoms with Crippen molar-refractivity contribution in [2.24, 2.45) is 45.8 Å². The monoisotopic (exact) mass is 424 g/mol. The van der Waals surface area contributed by atoms with Crippen LogP contribution in [0.3, 0.4) is 0 Å². The predicted octanol–water partition coefficient (Wildman–Crippen LogP) is 9.64. The largest absolute Gasteiger partial charge is 0.380 e. The Morgan fingerprint density at radius 2 is 0.733 bits per heavy atom. The molecule has 0 unspecified atom stereocenters. The summed E-state index contributed by atoms with van der Waals surface area (Å²) in [6.45, 7) is 32.9. The molecule has 0 fully saturated rings. The number of ether oxygens (including phenoxy) is 1. The van der Waals surface area contributed by atoms with E-state index >= 15 is 0 Å². The zero-order valence-corrected chi connectivity index (χ0v) is 23.5. The Hall–Kier alpha value is -0.0400. The molecule has 1 heteroatoms. The molecule has 0 atom stereocenters. The maximum atomic E-state index is 6.82. The van der Waals surface area contributed by atoms with Crippen LogP contribution in [0, 0.1) is 45.8 Å². The SMILES string of the molecule is CC(C)CC(COCC(CC(C)C)(CC(C)C)CC(C)(C)C)(CC(C)C)CC(C)C. The standard InChI is InChI=1S/C29H60O/c1-22(2)14-28(15-23(3)4,16-24(5)6)20-30-21-29(17-25(7)8,18-26(9)10)19-27(11,12)13/h22-26H,14-21H2,1-13H3. The molecule has 0 saturated carbocycles. The van der Waals surface area contributed by atoms with Crippen LogP contribution in [0.5, 0.6) is 0 Å². The van der Waals surface area contributed by atoms with Gasteiger partial charge in [-0.3, -0.25) is 0 Å². The first-order valence-electron chi connectivity index (χ1n) is 13.1. The van der Waals surface area contributed by atoms with E-state index in [-0.39, 0.29) is 0 Å². The van der Waals surface area contributed by atoms with E-state index in [9.17, 15) is 0 Å². The van der Waals surface area contributed by atoms with Gasteiger partial charge >= 0.3 is 0 Å². The quantitative estimate of drug-likeness (QED) is 0.254. The van der Waals surface area contributed by atoms with E-state index in [1.165, 1.54) is 38.5 Å². The molecule has 0 heterocycles. The molecule has 0 rings (SSSR count). The normalized spacial score (nSPS) is 14.2. The highest BCUT2D eigenvalue weighted by Gasteiger charge is 2.38. The third kappa shape index (κ3) is 13.4. The van der Waals surface area contributed by atoms with Gasteiger partial charge in [0, 0.05) is 0 Å². The van der Waals surface area contributed by atoms with Gasteiger partial charge in [0.15, 0.2) is 0 Å². The fraction of sp³-hybridized carbons (Fsp3) is 1.00. The predicted molar refractivity (Wildman–Crippen MR) is 137 cm³/mol. The molecular formula is C29H60O. The van der Waals surface area contributed by atoms with Gasteiger partial charge in [0.2, 0.25) is 0 Å². The second-order valence-corrected chi connectivity index (χ2v) is 14.2. The van der Waals surface area contributed by atoms with Gasteiger partial charge in [-0.05, 0) is 84.4 Å². The first-order chi connectivity index (χ1) is 13.5. The fourth-order valence-corrected chi connectivity index (χ4v) is 6.76.